The molecule has 0 unspecified atom stereocenters. The smallest absolute Gasteiger partial charge is 0.221 e. The largest absolute Gasteiger partial charge is 0.504 e. The van der Waals surface area contributed by atoms with Crippen LogP contribution in [0.3, 0.4) is 0 Å². The second kappa shape index (κ2) is 4.23. The molecule has 0 bridgehead atoms. The van der Waals surface area contributed by atoms with Gasteiger partial charge in [0.15, 0.2) is 11.5 Å². The molecule has 3 aromatic rings. The van der Waals surface area contributed by atoms with E-state index in [0.717, 1.165) is 21.7 Å². The van der Waals surface area contributed by atoms with Gasteiger partial charge in [-0.05, 0) is 29.8 Å². The van der Waals surface area contributed by atoms with Gasteiger partial charge in [-0.15, -0.1) is 11.3 Å². The highest BCUT2D eigenvalue weighted by atomic mass is 32.1. The summed E-state index contributed by atoms with van der Waals surface area (Å²) < 4.78 is 7.08. The monoisotopic (exact) mass is 297 g/mol. The van der Waals surface area contributed by atoms with Gasteiger partial charge in [0, 0.05) is 17.1 Å². The van der Waals surface area contributed by atoms with Crippen LogP contribution in [0.2, 0.25) is 0 Å². The van der Waals surface area contributed by atoms with Crippen molar-refractivity contribution < 1.29 is 14.6 Å². The fraction of sp³-hybridized carbons (Fsp3) is 0.0625. The van der Waals surface area contributed by atoms with E-state index in [0.29, 0.717) is 11.4 Å². The maximum atomic E-state index is 12.3. The average Bonchev–Trinajstić information content (AvgIpc) is 3.16. The van der Waals surface area contributed by atoms with E-state index in [-0.39, 0.29) is 11.5 Å². The number of benzene rings is 1. The number of nitrogens with zero attached hydrogens (tertiary/aromatic N) is 1. The Labute approximate surface area is 124 Å². The van der Waals surface area contributed by atoms with Crippen LogP contribution in [-0.2, 0) is 0 Å². The number of hydrogen-bond acceptors (Lipinski definition) is 4. The van der Waals surface area contributed by atoms with Crippen molar-refractivity contribution >= 4 is 17.1 Å². The molecule has 104 valence electrons. The van der Waals surface area contributed by atoms with Crippen molar-refractivity contribution in [2.75, 3.05) is 7.11 Å². The lowest BCUT2D eigenvalue weighted by atomic mass is 10.1. The second-order valence-corrected chi connectivity index (χ2v) is 5.69. The number of thiophene rings is 1. The quantitative estimate of drug-likeness (QED) is 0.616. The van der Waals surface area contributed by atoms with Crippen LogP contribution in [0.4, 0.5) is 0 Å². The molecule has 0 radical (unpaired) electrons. The summed E-state index contributed by atoms with van der Waals surface area (Å²) in [5, 5.41) is 11.7. The molecule has 4 rings (SSSR count). The Hall–Kier alpha value is -2.53. The van der Waals surface area contributed by atoms with Crippen molar-refractivity contribution in [1.82, 2.24) is 4.57 Å². The summed E-state index contributed by atoms with van der Waals surface area (Å²) in [5.74, 6) is 0.590. The maximum absolute atomic E-state index is 12.3. The Kier molecular flexibility index (Phi) is 2.46. The number of aromatic hydroxyl groups is 1. The molecule has 2 aromatic heterocycles. The van der Waals surface area contributed by atoms with Crippen LogP contribution < -0.4 is 4.74 Å². The van der Waals surface area contributed by atoms with Crippen LogP contribution in [-0.4, -0.2) is 22.6 Å². The molecule has 0 spiro atoms. The zero-order chi connectivity index (χ0) is 14.6. The molecule has 1 aliphatic heterocycles. The summed E-state index contributed by atoms with van der Waals surface area (Å²) in [5.41, 5.74) is 3.50. The van der Waals surface area contributed by atoms with Crippen molar-refractivity contribution in [3.8, 4) is 28.3 Å². The van der Waals surface area contributed by atoms with Crippen LogP contribution in [0.15, 0.2) is 41.9 Å². The number of hydrogen-bond donors (Lipinski definition) is 1. The molecule has 1 N–H and O–H groups in total. The third kappa shape index (κ3) is 1.58. The predicted molar refractivity (Wildman–Crippen MR) is 80.7 cm³/mol. The lowest BCUT2D eigenvalue weighted by molar-refractivity contribution is 0.104. The van der Waals surface area contributed by atoms with Crippen LogP contribution in [0, 0.1) is 0 Å². The Morgan fingerprint density at radius 2 is 2.14 bits per heavy atom. The van der Waals surface area contributed by atoms with E-state index in [1.165, 1.54) is 18.4 Å². The number of carbonyl (C=O) groups excluding carboxylic acids is 1. The van der Waals surface area contributed by atoms with Gasteiger partial charge in [-0.3, -0.25) is 4.79 Å². The highest BCUT2D eigenvalue weighted by Crippen LogP contribution is 2.42. The summed E-state index contributed by atoms with van der Waals surface area (Å²) in [4.78, 5) is 13.1. The molecule has 0 amide bonds. The highest BCUT2D eigenvalue weighted by molar-refractivity contribution is 7.13. The number of rotatable bonds is 2. The Morgan fingerprint density at radius 3 is 2.95 bits per heavy atom. The first-order valence-corrected chi connectivity index (χ1v) is 7.30. The van der Waals surface area contributed by atoms with Crippen molar-refractivity contribution in [2.24, 2.45) is 0 Å². The van der Waals surface area contributed by atoms with Gasteiger partial charge in [0.25, 0.3) is 0 Å². The van der Waals surface area contributed by atoms with Gasteiger partial charge >= 0.3 is 0 Å². The number of ketones is 1. The van der Waals surface area contributed by atoms with Crippen molar-refractivity contribution in [1.29, 1.82) is 0 Å². The number of fused-ring (bicyclic) bond motifs is 3. The minimum absolute atomic E-state index is 0.0667. The fourth-order valence-electron chi connectivity index (χ4n) is 2.68. The van der Waals surface area contributed by atoms with Crippen LogP contribution in [0.25, 0.3) is 16.8 Å². The molecule has 0 saturated carbocycles. The van der Waals surface area contributed by atoms with Gasteiger partial charge in [-0.2, -0.15) is 0 Å². The maximum Gasteiger partial charge on any atom is 0.221 e. The van der Waals surface area contributed by atoms with Gasteiger partial charge in [-0.1, -0.05) is 6.07 Å². The van der Waals surface area contributed by atoms with Crippen LogP contribution in [0.1, 0.15) is 15.4 Å². The molecule has 0 fully saturated rings. The van der Waals surface area contributed by atoms with Gasteiger partial charge in [0.05, 0.1) is 18.5 Å². The first kappa shape index (κ1) is 12.2. The van der Waals surface area contributed by atoms with E-state index in [1.54, 1.807) is 12.1 Å². The van der Waals surface area contributed by atoms with Gasteiger partial charge in [-0.25, -0.2) is 0 Å². The third-order valence-electron chi connectivity index (χ3n) is 3.68. The molecular weight excluding hydrogens is 286 g/mol. The first-order valence-electron chi connectivity index (χ1n) is 6.42. The van der Waals surface area contributed by atoms with Gasteiger partial charge in [0.2, 0.25) is 5.78 Å². The lowest BCUT2D eigenvalue weighted by Crippen LogP contribution is -1.94. The number of phenols is 1. The number of ether oxygens (including phenoxy) is 1. The zero-order valence-corrected chi connectivity index (χ0v) is 12.0. The SMILES string of the molecule is COc1cc(-c2csc3c2-n2cccc2C3=O)ccc1O. The molecule has 5 heteroatoms. The molecule has 0 aliphatic carbocycles. The Morgan fingerprint density at radius 1 is 1.29 bits per heavy atom. The lowest BCUT2D eigenvalue weighted by Gasteiger charge is -2.08. The normalized spacial score (nSPS) is 12.3. The molecule has 1 aliphatic rings. The van der Waals surface area contributed by atoms with E-state index < -0.39 is 0 Å². The minimum Gasteiger partial charge on any atom is -0.504 e. The zero-order valence-electron chi connectivity index (χ0n) is 11.2. The van der Waals surface area contributed by atoms with Crippen molar-refractivity contribution in [3.63, 3.8) is 0 Å². The number of phenolic OH excluding ortho intramolecular Hbond substituents is 1. The molecular formula is C16H11NO3S. The Balaban J connectivity index is 1.94. The summed E-state index contributed by atoms with van der Waals surface area (Å²) in [6.07, 6.45) is 1.90. The van der Waals surface area contributed by atoms with Crippen molar-refractivity contribution in [3.05, 3.63) is 52.5 Å². The fourth-order valence-corrected chi connectivity index (χ4v) is 3.69. The van der Waals surface area contributed by atoms with E-state index in [9.17, 15) is 9.90 Å². The van der Waals surface area contributed by atoms with E-state index >= 15 is 0 Å². The van der Waals surface area contributed by atoms with E-state index in [4.69, 9.17) is 4.74 Å². The van der Waals surface area contributed by atoms with Crippen LogP contribution >= 0.6 is 11.3 Å². The average molecular weight is 297 g/mol. The van der Waals surface area contributed by atoms with Gasteiger partial charge in [0.1, 0.15) is 4.88 Å². The van der Waals surface area contributed by atoms with E-state index in [1.807, 2.05) is 34.3 Å². The molecule has 3 heterocycles. The number of carbonyl (C=O) groups is 1. The molecule has 1 aromatic carbocycles. The first-order chi connectivity index (χ1) is 10.2. The van der Waals surface area contributed by atoms with Gasteiger partial charge < -0.3 is 14.4 Å². The molecule has 0 saturated heterocycles. The topological polar surface area (TPSA) is 51.5 Å². The number of methoxy groups -OCH3 is 1. The van der Waals surface area contributed by atoms with Crippen molar-refractivity contribution in [2.45, 2.75) is 0 Å². The Bertz CT molecular complexity index is 876. The predicted octanol–water partition coefficient (Wildman–Crippen LogP) is 3.46. The highest BCUT2D eigenvalue weighted by Gasteiger charge is 2.30. The van der Waals surface area contributed by atoms with E-state index in [2.05, 4.69) is 0 Å². The van der Waals surface area contributed by atoms with Crippen LogP contribution in [0.5, 0.6) is 11.5 Å². The second-order valence-electron chi connectivity index (χ2n) is 4.81. The minimum atomic E-state index is 0.0667. The molecule has 21 heavy (non-hydrogen) atoms. The summed E-state index contributed by atoms with van der Waals surface area (Å²) in [6, 6.07) is 8.91. The molecule has 0 atom stereocenters. The summed E-state index contributed by atoms with van der Waals surface area (Å²) in [6.45, 7) is 0. The molecule has 4 nitrogen and oxygen atoms in total. The number of aromatic nitrogens is 1. The third-order valence-corrected chi connectivity index (χ3v) is 4.65. The standard InChI is InChI=1S/C16H11NO3S/c1-20-13-7-9(4-5-12(13)18)10-8-21-16-14(10)17-6-2-3-11(17)15(16)19/h2-8,18H,1H3. The summed E-state index contributed by atoms with van der Waals surface area (Å²) >= 11 is 1.45. The summed E-state index contributed by atoms with van der Waals surface area (Å²) in [7, 11) is 1.52.